The highest BCUT2D eigenvalue weighted by Gasteiger charge is 2.13. The number of imidazole rings is 1. The molecule has 0 saturated heterocycles. The van der Waals surface area contributed by atoms with Crippen molar-refractivity contribution in [3.63, 3.8) is 0 Å². The summed E-state index contributed by atoms with van der Waals surface area (Å²) in [6.07, 6.45) is 0.116. The number of carbonyl (C=O) groups is 3. The second-order valence-electron chi connectivity index (χ2n) is 7.71. The molecule has 0 spiro atoms. The summed E-state index contributed by atoms with van der Waals surface area (Å²) in [6.45, 7) is 1.76. The molecule has 4 rings (SSSR count). The number of anilines is 1. The molecule has 8 nitrogen and oxygen atoms in total. The molecular weight excluding hydrogens is 432 g/mol. The summed E-state index contributed by atoms with van der Waals surface area (Å²) in [5, 5.41) is 5.36. The van der Waals surface area contributed by atoms with Gasteiger partial charge in [-0.2, -0.15) is 0 Å². The minimum Gasteiger partial charge on any atom is -0.468 e. The summed E-state index contributed by atoms with van der Waals surface area (Å²) in [5.41, 5.74) is 4.53. The van der Waals surface area contributed by atoms with Crippen LogP contribution in [-0.2, 0) is 20.7 Å². The largest absolute Gasteiger partial charge is 0.468 e. The Bertz CT molecular complexity index is 1340. The molecule has 172 valence electrons. The number of aromatic nitrogens is 2. The second kappa shape index (κ2) is 9.99. The van der Waals surface area contributed by atoms with E-state index in [-0.39, 0.29) is 24.8 Å². The first kappa shape index (κ1) is 22.7. The third kappa shape index (κ3) is 5.12. The number of rotatable bonds is 7. The van der Waals surface area contributed by atoms with E-state index in [0.29, 0.717) is 11.3 Å². The Morgan fingerprint density at radius 3 is 2.41 bits per heavy atom. The highest BCUT2D eigenvalue weighted by atomic mass is 16.5. The van der Waals surface area contributed by atoms with Crippen LogP contribution in [0.4, 0.5) is 5.69 Å². The molecule has 0 aliphatic carbocycles. The summed E-state index contributed by atoms with van der Waals surface area (Å²) in [4.78, 5) is 40.4. The maximum Gasteiger partial charge on any atom is 0.325 e. The van der Waals surface area contributed by atoms with Crippen LogP contribution in [0.1, 0.15) is 21.7 Å². The molecule has 0 radical (unpaired) electrons. The van der Waals surface area contributed by atoms with Crippen molar-refractivity contribution in [3.8, 4) is 5.69 Å². The zero-order chi connectivity index (χ0) is 24.1. The fourth-order valence-electron chi connectivity index (χ4n) is 3.64. The number of esters is 1. The van der Waals surface area contributed by atoms with Crippen LogP contribution >= 0.6 is 0 Å². The molecule has 0 aliphatic heterocycles. The van der Waals surface area contributed by atoms with Crippen molar-refractivity contribution in [2.75, 3.05) is 19.0 Å². The van der Waals surface area contributed by atoms with Crippen LogP contribution in [0.2, 0.25) is 0 Å². The number of amides is 2. The van der Waals surface area contributed by atoms with Gasteiger partial charge in [0.15, 0.2) is 0 Å². The molecule has 1 heterocycles. The summed E-state index contributed by atoms with van der Waals surface area (Å²) in [6, 6.07) is 22.4. The lowest BCUT2D eigenvalue weighted by Crippen LogP contribution is -2.31. The average Bonchev–Trinajstić information content (AvgIpc) is 3.19. The summed E-state index contributed by atoms with van der Waals surface area (Å²) < 4.78 is 6.54. The van der Waals surface area contributed by atoms with Crippen LogP contribution < -0.4 is 10.6 Å². The zero-order valence-electron chi connectivity index (χ0n) is 18.9. The fourth-order valence-corrected chi connectivity index (χ4v) is 3.64. The minimum absolute atomic E-state index is 0.116. The quantitative estimate of drug-likeness (QED) is 0.415. The van der Waals surface area contributed by atoms with E-state index in [1.165, 1.54) is 7.11 Å². The molecule has 34 heavy (non-hydrogen) atoms. The molecule has 8 heteroatoms. The van der Waals surface area contributed by atoms with Crippen molar-refractivity contribution in [3.05, 3.63) is 89.7 Å². The molecule has 0 unspecified atom stereocenters. The van der Waals surface area contributed by atoms with Crippen molar-refractivity contribution in [1.82, 2.24) is 14.9 Å². The van der Waals surface area contributed by atoms with E-state index < -0.39 is 5.97 Å². The molecular formula is C26H24N4O4. The number of hydrogen-bond acceptors (Lipinski definition) is 5. The maximum absolute atomic E-state index is 12.8. The van der Waals surface area contributed by atoms with E-state index in [4.69, 9.17) is 0 Å². The van der Waals surface area contributed by atoms with Gasteiger partial charge in [0.2, 0.25) is 5.91 Å². The summed E-state index contributed by atoms with van der Waals surface area (Å²) >= 11 is 0. The standard InChI is InChI=1S/C26H24N4O4/c1-17-28-22-15-19(10-13-23(22)30(17)21-6-4-3-5-7-21)26(33)29-20-11-8-18(9-12-20)14-24(31)27-16-25(32)34-2/h3-13,15H,14,16H2,1-2H3,(H,27,31)(H,29,33). The van der Waals surface area contributed by atoms with Crippen LogP contribution in [0.15, 0.2) is 72.8 Å². The van der Waals surface area contributed by atoms with Gasteiger partial charge in [-0.05, 0) is 55.0 Å². The normalized spacial score (nSPS) is 10.6. The summed E-state index contributed by atoms with van der Waals surface area (Å²) in [5.74, 6) is -0.213. The Kier molecular flexibility index (Phi) is 6.68. The van der Waals surface area contributed by atoms with Crippen molar-refractivity contribution in [2.24, 2.45) is 0 Å². The van der Waals surface area contributed by atoms with Gasteiger partial charge < -0.3 is 15.4 Å². The first-order chi connectivity index (χ1) is 16.4. The minimum atomic E-state index is -0.508. The predicted molar refractivity (Wildman–Crippen MR) is 129 cm³/mol. The average molecular weight is 457 g/mol. The van der Waals surface area contributed by atoms with Gasteiger partial charge in [0.05, 0.1) is 24.6 Å². The SMILES string of the molecule is COC(=O)CNC(=O)Cc1ccc(NC(=O)c2ccc3c(c2)nc(C)n3-c2ccccc2)cc1. The van der Waals surface area contributed by atoms with Crippen LogP contribution in [-0.4, -0.2) is 41.0 Å². The van der Waals surface area contributed by atoms with Gasteiger partial charge in [0.25, 0.3) is 5.91 Å². The molecule has 1 aromatic heterocycles. The third-order valence-corrected chi connectivity index (χ3v) is 5.33. The molecule has 0 fully saturated rings. The number of benzene rings is 3. The molecule has 2 amide bonds. The Hall–Kier alpha value is -4.46. The Morgan fingerprint density at radius 1 is 0.971 bits per heavy atom. The first-order valence-corrected chi connectivity index (χ1v) is 10.7. The van der Waals surface area contributed by atoms with E-state index in [1.54, 1.807) is 36.4 Å². The highest BCUT2D eigenvalue weighted by molar-refractivity contribution is 6.06. The van der Waals surface area contributed by atoms with Crippen LogP contribution in [0.5, 0.6) is 0 Å². The van der Waals surface area contributed by atoms with E-state index in [0.717, 1.165) is 28.1 Å². The monoisotopic (exact) mass is 456 g/mol. The summed E-state index contributed by atoms with van der Waals surface area (Å²) in [7, 11) is 1.26. The van der Waals surface area contributed by atoms with Gasteiger partial charge >= 0.3 is 5.97 Å². The van der Waals surface area contributed by atoms with Crippen molar-refractivity contribution in [1.29, 1.82) is 0 Å². The number of methoxy groups -OCH3 is 1. The first-order valence-electron chi connectivity index (χ1n) is 10.7. The van der Waals surface area contributed by atoms with Crippen LogP contribution in [0.25, 0.3) is 16.7 Å². The molecule has 0 atom stereocenters. The molecule has 4 aromatic rings. The molecule has 0 saturated carbocycles. The van der Waals surface area contributed by atoms with Gasteiger partial charge in [-0.1, -0.05) is 30.3 Å². The smallest absolute Gasteiger partial charge is 0.325 e. The molecule has 0 bridgehead atoms. The lowest BCUT2D eigenvalue weighted by Gasteiger charge is -2.08. The number of hydrogen-bond donors (Lipinski definition) is 2. The van der Waals surface area contributed by atoms with Gasteiger partial charge in [0.1, 0.15) is 12.4 Å². The lowest BCUT2D eigenvalue weighted by atomic mass is 10.1. The van der Waals surface area contributed by atoms with Crippen LogP contribution in [0.3, 0.4) is 0 Å². The number of fused-ring (bicyclic) bond motifs is 1. The number of para-hydroxylation sites is 1. The van der Waals surface area contributed by atoms with Crippen molar-refractivity contribution < 1.29 is 19.1 Å². The van der Waals surface area contributed by atoms with E-state index in [2.05, 4.69) is 24.9 Å². The topological polar surface area (TPSA) is 102 Å². The van der Waals surface area contributed by atoms with Gasteiger partial charge in [0, 0.05) is 16.9 Å². The highest BCUT2D eigenvalue weighted by Crippen LogP contribution is 2.23. The molecule has 2 N–H and O–H groups in total. The van der Waals surface area contributed by atoms with Crippen molar-refractivity contribution >= 4 is 34.5 Å². The zero-order valence-corrected chi connectivity index (χ0v) is 18.9. The Labute approximate surface area is 196 Å². The predicted octanol–water partition coefficient (Wildman–Crippen LogP) is 3.42. The van der Waals surface area contributed by atoms with Gasteiger partial charge in [-0.25, -0.2) is 4.98 Å². The van der Waals surface area contributed by atoms with Crippen LogP contribution in [0, 0.1) is 6.92 Å². The number of ether oxygens (including phenoxy) is 1. The number of nitrogens with one attached hydrogen (secondary N) is 2. The van der Waals surface area contributed by atoms with E-state index in [9.17, 15) is 14.4 Å². The lowest BCUT2D eigenvalue weighted by molar-refractivity contribution is -0.141. The molecule has 3 aromatic carbocycles. The maximum atomic E-state index is 12.8. The third-order valence-electron chi connectivity index (χ3n) is 5.33. The van der Waals surface area contributed by atoms with Gasteiger partial charge in [-0.3, -0.25) is 19.0 Å². The van der Waals surface area contributed by atoms with E-state index in [1.807, 2.05) is 43.3 Å². The fraction of sp³-hybridized carbons (Fsp3) is 0.154. The van der Waals surface area contributed by atoms with Crippen molar-refractivity contribution in [2.45, 2.75) is 13.3 Å². The Morgan fingerprint density at radius 2 is 1.71 bits per heavy atom. The Balaban J connectivity index is 1.43. The molecule has 0 aliphatic rings. The number of carbonyl (C=O) groups excluding carboxylic acids is 3. The van der Waals surface area contributed by atoms with Gasteiger partial charge in [-0.15, -0.1) is 0 Å². The second-order valence-corrected chi connectivity index (χ2v) is 7.71. The number of aryl methyl sites for hydroxylation is 1. The van der Waals surface area contributed by atoms with E-state index >= 15 is 0 Å². The number of nitrogens with zero attached hydrogens (tertiary/aromatic N) is 2.